The van der Waals surface area contributed by atoms with E-state index in [0.29, 0.717) is 6.54 Å². The van der Waals surface area contributed by atoms with Crippen molar-refractivity contribution in [1.82, 2.24) is 0 Å². The lowest BCUT2D eigenvalue weighted by molar-refractivity contribution is 0.475. The first-order chi connectivity index (χ1) is 11.1. The molecule has 0 aliphatic carbocycles. The van der Waals surface area contributed by atoms with Gasteiger partial charge in [0.2, 0.25) is 0 Å². The van der Waals surface area contributed by atoms with E-state index < -0.39 is 0 Å². The number of phenolic OH excluding ortho intramolecular Hbond substituents is 1. The second kappa shape index (κ2) is 7.88. The van der Waals surface area contributed by atoms with Gasteiger partial charge in [0.25, 0.3) is 0 Å². The lowest BCUT2D eigenvalue weighted by Gasteiger charge is -2.30. The van der Waals surface area contributed by atoms with Gasteiger partial charge >= 0.3 is 0 Å². The molecule has 4 heteroatoms. The lowest BCUT2D eigenvalue weighted by atomic mass is 10.0. The molecule has 1 unspecified atom stereocenters. The summed E-state index contributed by atoms with van der Waals surface area (Å²) >= 11 is 0. The number of nitrogens with two attached hydrogens (primary N) is 1. The van der Waals surface area contributed by atoms with Crippen molar-refractivity contribution in [3.8, 4) is 5.75 Å². The molecule has 0 radical (unpaired) electrons. The molecule has 0 heterocycles. The van der Waals surface area contributed by atoms with Crippen molar-refractivity contribution in [3.63, 3.8) is 0 Å². The summed E-state index contributed by atoms with van der Waals surface area (Å²) in [4.78, 5) is 4.47. The maximum absolute atomic E-state index is 9.43. The van der Waals surface area contributed by atoms with E-state index >= 15 is 0 Å². The summed E-state index contributed by atoms with van der Waals surface area (Å²) < 4.78 is 0. The van der Waals surface area contributed by atoms with Crippen molar-refractivity contribution >= 4 is 11.4 Å². The number of hydrogen-bond donors (Lipinski definition) is 2. The van der Waals surface area contributed by atoms with E-state index in [-0.39, 0.29) is 11.8 Å². The van der Waals surface area contributed by atoms with Gasteiger partial charge in [0.05, 0.1) is 6.04 Å². The van der Waals surface area contributed by atoms with Crippen LogP contribution in [0.3, 0.4) is 0 Å². The molecule has 0 aliphatic rings. The predicted octanol–water partition coefficient (Wildman–Crippen LogP) is 3.37. The van der Waals surface area contributed by atoms with Crippen LogP contribution in [0.4, 0.5) is 11.4 Å². The highest BCUT2D eigenvalue weighted by atomic mass is 16.3. The average molecular weight is 313 g/mol. The van der Waals surface area contributed by atoms with Gasteiger partial charge in [-0.3, -0.25) is 0 Å². The highest BCUT2D eigenvalue weighted by Gasteiger charge is 2.16. The van der Waals surface area contributed by atoms with E-state index in [0.717, 1.165) is 18.8 Å². The third-order valence-corrected chi connectivity index (χ3v) is 4.35. The molecule has 2 aromatic carbocycles. The zero-order valence-corrected chi connectivity index (χ0v) is 14.2. The van der Waals surface area contributed by atoms with E-state index in [9.17, 15) is 5.11 Å². The molecule has 0 amide bonds. The van der Waals surface area contributed by atoms with Gasteiger partial charge in [-0.05, 0) is 55.8 Å². The minimum absolute atomic E-state index is 0.102. The summed E-state index contributed by atoms with van der Waals surface area (Å²) in [7, 11) is 2.03. The highest BCUT2D eigenvalue weighted by molar-refractivity contribution is 5.52. The quantitative estimate of drug-likeness (QED) is 0.823. The number of hydrogen-bond acceptors (Lipinski definition) is 4. The SMILES string of the molecule is CCN(CC)c1ccc(C(CN)N(C)c2ccc(O)cc2)cc1. The van der Waals surface area contributed by atoms with Gasteiger partial charge in [0.1, 0.15) is 5.75 Å². The minimum Gasteiger partial charge on any atom is -0.508 e. The molecular weight excluding hydrogens is 286 g/mol. The van der Waals surface area contributed by atoms with E-state index in [4.69, 9.17) is 5.73 Å². The molecule has 4 nitrogen and oxygen atoms in total. The van der Waals surface area contributed by atoms with Crippen LogP contribution in [-0.4, -0.2) is 31.8 Å². The molecule has 2 rings (SSSR count). The molecule has 0 bridgehead atoms. The monoisotopic (exact) mass is 313 g/mol. The van der Waals surface area contributed by atoms with Crippen LogP contribution in [0.1, 0.15) is 25.5 Å². The molecule has 3 N–H and O–H groups in total. The van der Waals surface area contributed by atoms with Crippen LogP contribution >= 0.6 is 0 Å². The van der Waals surface area contributed by atoms with Gasteiger partial charge in [-0.1, -0.05) is 12.1 Å². The number of phenols is 1. The summed E-state index contributed by atoms with van der Waals surface area (Å²) in [6.45, 7) is 6.87. The van der Waals surface area contributed by atoms with Crippen molar-refractivity contribution < 1.29 is 5.11 Å². The lowest BCUT2D eigenvalue weighted by Crippen LogP contribution is -2.30. The Morgan fingerprint density at radius 1 is 0.913 bits per heavy atom. The van der Waals surface area contributed by atoms with Crippen molar-refractivity contribution in [2.24, 2.45) is 5.73 Å². The second-order valence-electron chi connectivity index (χ2n) is 5.64. The molecule has 1 atom stereocenters. The largest absolute Gasteiger partial charge is 0.508 e. The van der Waals surface area contributed by atoms with Crippen LogP contribution in [0, 0.1) is 0 Å². The topological polar surface area (TPSA) is 52.7 Å². The van der Waals surface area contributed by atoms with Gasteiger partial charge in [-0.25, -0.2) is 0 Å². The molecule has 0 aliphatic heterocycles. The highest BCUT2D eigenvalue weighted by Crippen LogP contribution is 2.27. The van der Waals surface area contributed by atoms with Gasteiger partial charge in [0.15, 0.2) is 0 Å². The van der Waals surface area contributed by atoms with Crippen molar-refractivity contribution in [3.05, 3.63) is 54.1 Å². The zero-order chi connectivity index (χ0) is 16.8. The fourth-order valence-corrected chi connectivity index (χ4v) is 2.88. The molecule has 0 saturated carbocycles. The smallest absolute Gasteiger partial charge is 0.115 e. The number of nitrogens with zero attached hydrogens (tertiary/aromatic N) is 2. The summed E-state index contributed by atoms with van der Waals surface area (Å²) in [6.07, 6.45) is 0. The van der Waals surface area contributed by atoms with E-state index in [1.165, 1.54) is 11.3 Å². The molecule has 124 valence electrons. The fourth-order valence-electron chi connectivity index (χ4n) is 2.88. The molecule has 0 spiro atoms. The number of anilines is 2. The van der Waals surface area contributed by atoms with Crippen molar-refractivity contribution in [2.75, 3.05) is 36.5 Å². The molecule has 2 aromatic rings. The van der Waals surface area contributed by atoms with E-state index in [2.05, 4.69) is 47.9 Å². The number of rotatable bonds is 7. The normalized spacial score (nSPS) is 12.0. The summed E-state index contributed by atoms with van der Waals surface area (Å²) in [6, 6.07) is 15.9. The average Bonchev–Trinajstić information content (AvgIpc) is 2.58. The first-order valence-corrected chi connectivity index (χ1v) is 8.17. The van der Waals surface area contributed by atoms with Crippen molar-refractivity contribution in [1.29, 1.82) is 0 Å². The Kier molecular flexibility index (Phi) is 5.88. The number of likely N-dealkylation sites (N-methyl/N-ethyl adjacent to an activating group) is 1. The zero-order valence-electron chi connectivity index (χ0n) is 14.2. The van der Waals surface area contributed by atoms with Gasteiger partial charge < -0.3 is 20.6 Å². The first-order valence-electron chi connectivity index (χ1n) is 8.17. The van der Waals surface area contributed by atoms with E-state index in [1.54, 1.807) is 12.1 Å². The van der Waals surface area contributed by atoms with Crippen LogP contribution < -0.4 is 15.5 Å². The Hall–Kier alpha value is -2.20. The van der Waals surface area contributed by atoms with Crippen LogP contribution in [0.2, 0.25) is 0 Å². The molecule has 0 fully saturated rings. The molecule has 0 saturated heterocycles. The Bertz CT molecular complexity index is 591. The Morgan fingerprint density at radius 2 is 1.43 bits per heavy atom. The Balaban J connectivity index is 2.21. The summed E-state index contributed by atoms with van der Waals surface area (Å²) in [5, 5.41) is 9.43. The minimum atomic E-state index is 0.102. The van der Waals surface area contributed by atoms with Crippen LogP contribution in [-0.2, 0) is 0 Å². The fraction of sp³-hybridized carbons (Fsp3) is 0.368. The number of aromatic hydroxyl groups is 1. The molecular formula is C19H27N3O. The molecule has 23 heavy (non-hydrogen) atoms. The Labute approximate surface area is 139 Å². The first kappa shape index (κ1) is 17.2. The second-order valence-corrected chi connectivity index (χ2v) is 5.64. The maximum Gasteiger partial charge on any atom is 0.115 e. The maximum atomic E-state index is 9.43. The van der Waals surface area contributed by atoms with Crippen LogP contribution in [0.15, 0.2) is 48.5 Å². The predicted molar refractivity (Wildman–Crippen MR) is 98.3 cm³/mol. The third kappa shape index (κ3) is 3.96. The molecule has 0 aromatic heterocycles. The van der Waals surface area contributed by atoms with Crippen molar-refractivity contribution in [2.45, 2.75) is 19.9 Å². The van der Waals surface area contributed by atoms with Gasteiger partial charge in [-0.15, -0.1) is 0 Å². The summed E-state index contributed by atoms with van der Waals surface area (Å²) in [5.41, 5.74) is 9.49. The van der Waals surface area contributed by atoms with E-state index in [1.807, 2.05) is 19.2 Å². The van der Waals surface area contributed by atoms with Gasteiger partial charge in [0, 0.05) is 38.1 Å². The third-order valence-electron chi connectivity index (χ3n) is 4.35. The number of benzene rings is 2. The van der Waals surface area contributed by atoms with Crippen LogP contribution in [0.25, 0.3) is 0 Å². The van der Waals surface area contributed by atoms with Gasteiger partial charge in [-0.2, -0.15) is 0 Å². The van der Waals surface area contributed by atoms with Crippen LogP contribution in [0.5, 0.6) is 5.75 Å². The Morgan fingerprint density at radius 3 is 1.91 bits per heavy atom. The standard InChI is InChI=1S/C19H27N3O/c1-4-22(5-2)17-8-6-15(7-9-17)19(14-20)21(3)16-10-12-18(23)13-11-16/h6-13,19,23H,4-5,14,20H2,1-3H3. The summed E-state index contributed by atoms with van der Waals surface area (Å²) in [5.74, 6) is 0.273.